The largest absolute Gasteiger partial charge is 0.0836 e. The summed E-state index contributed by atoms with van der Waals surface area (Å²) in [4.78, 5) is 0. The second-order valence-electron chi connectivity index (χ2n) is 11.5. The van der Waals surface area contributed by atoms with E-state index in [2.05, 4.69) is 146 Å². The minimum Gasteiger partial charge on any atom is -0.0836 e. The molecule has 9 rings (SSSR count). The van der Waals surface area contributed by atoms with Crippen molar-refractivity contribution in [1.82, 2.24) is 0 Å². The molecule has 0 saturated heterocycles. The molecule has 0 amide bonds. The van der Waals surface area contributed by atoms with E-state index in [9.17, 15) is 0 Å². The summed E-state index contributed by atoms with van der Waals surface area (Å²) in [5.41, 5.74) is 8.02. The Labute approximate surface area is 245 Å². The molecule has 0 heterocycles. The van der Waals surface area contributed by atoms with Crippen molar-refractivity contribution in [3.05, 3.63) is 151 Å². The second-order valence-corrected chi connectivity index (χ2v) is 11.5. The lowest BCUT2D eigenvalue weighted by molar-refractivity contribution is 0.989. The van der Waals surface area contributed by atoms with Crippen molar-refractivity contribution in [2.75, 3.05) is 0 Å². The minimum absolute atomic E-state index is 1.13. The van der Waals surface area contributed by atoms with Gasteiger partial charge in [0.05, 0.1) is 0 Å². The quantitative estimate of drug-likeness (QED) is 0.153. The topological polar surface area (TPSA) is 0 Å². The van der Waals surface area contributed by atoms with E-state index in [-0.39, 0.29) is 0 Å². The fraction of sp³-hybridized carbons (Fsp3) is 0.0476. The molecule has 0 fully saturated rings. The molecule has 8 aromatic rings. The summed E-state index contributed by atoms with van der Waals surface area (Å²) >= 11 is 0. The Hall–Kier alpha value is -5.20. The van der Waals surface area contributed by atoms with Gasteiger partial charge in [0.15, 0.2) is 0 Å². The van der Waals surface area contributed by atoms with Crippen LogP contribution >= 0.6 is 0 Å². The van der Waals surface area contributed by atoms with Gasteiger partial charge in [-0.2, -0.15) is 0 Å². The smallest absolute Gasteiger partial charge is 0.00201 e. The first-order valence-corrected chi connectivity index (χ1v) is 14.9. The summed E-state index contributed by atoms with van der Waals surface area (Å²) < 4.78 is 0. The van der Waals surface area contributed by atoms with Gasteiger partial charge in [-0.05, 0) is 106 Å². The Morgan fingerprint density at radius 1 is 0.381 bits per heavy atom. The molecule has 0 nitrogen and oxygen atoms in total. The van der Waals surface area contributed by atoms with Crippen LogP contribution in [0.1, 0.15) is 17.5 Å². The maximum absolute atomic E-state index is 2.41. The van der Waals surface area contributed by atoms with Crippen LogP contribution in [0.5, 0.6) is 0 Å². The summed E-state index contributed by atoms with van der Waals surface area (Å²) in [5.74, 6) is 0. The molecule has 0 bridgehead atoms. The van der Waals surface area contributed by atoms with E-state index in [4.69, 9.17) is 0 Å². The Kier molecular flexibility index (Phi) is 5.12. The summed E-state index contributed by atoms with van der Waals surface area (Å²) in [6, 6.07) is 49.8. The number of aryl methyl sites for hydroxylation is 1. The second kappa shape index (κ2) is 9.16. The predicted octanol–water partition coefficient (Wildman–Crippen LogP) is 11.7. The standard InChI is InChI=1S/C42H28/c1-2-13-29-26-40-30(25-28(29)12-1)23-24-33-32(40)20-10-22-35(33)42-38-18-7-5-16-36(38)41(37-17-6-8-19-39(37)42)34-21-9-14-27-11-3-4-15-31(27)34/h2-11,13-26H,1,12H2. The first kappa shape index (κ1) is 23.5. The molecular formula is C42H28. The molecule has 1 aliphatic rings. The van der Waals surface area contributed by atoms with E-state index in [0.29, 0.717) is 0 Å². The van der Waals surface area contributed by atoms with E-state index in [1.54, 1.807) is 0 Å². The lowest BCUT2D eigenvalue weighted by Gasteiger charge is -2.20. The number of allylic oxidation sites excluding steroid dienone is 1. The SMILES string of the molecule is C1=Cc2cc3c(ccc4c(-c5c6ccccc6c(-c6cccc7ccccc67)c6ccccc56)cccc43)cc2CC1. The number of hydrogen-bond donors (Lipinski definition) is 0. The van der Waals surface area contributed by atoms with Crippen molar-refractivity contribution in [1.29, 1.82) is 0 Å². The van der Waals surface area contributed by atoms with Gasteiger partial charge in [0.1, 0.15) is 0 Å². The highest BCUT2D eigenvalue weighted by Crippen LogP contribution is 2.47. The fourth-order valence-corrected chi connectivity index (χ4v) is 7.40. The van der Waals surface area contributed by atoms with Gasteiger partial charge in [-0.3, -0.25) is 0 Å². The molecule has 0 unspecified atom stereocenters. The summed E-state index contributed by atoms with van der Waals surface area (Å²) in [5, 5.41) is 13.0. The van der Waals surface area contributed by atoms with Crippen molar-refractivity contribution >= 4 is 59.9 Å². The van der Waals surface area contributed by atoms with E-state index in [0.717, 1.165) is 12.8 Å². The monoisotopic (exact) mass is 532 g/mol. The molecule has 0 aliphatic heterocycles. The third kappa shape index (κ3) is 3.42. The van der Waals surface area contributed by atoms with Crippen LogP contribution in [0.3, 0.4) is 0 Å². The highest BCUT2D eigenvalue weighted by Gasteiger charge is 2.19. The molecule has 42 heavy (non-hydrogen) atoms. The van der Waals surface area contributed by atoms with Gasteiger partial charge >= 0.3 is 0 Å². The lowest BCUT2D eigenvalue weighted by atomic mass is 9.83. The van der Waals surface area contributed by atoms with Crippen LogP contribution in [-0.2, 0) is 6.42 Å². The van der Waals surface area contributed by atoms with Gasteiger partial charge in [-0.1, -0.05) is 140 Å². The first-order chi connectivity index (χ1) is 20.8. The van der Waals surface area contributed by atoms with Gasteiger partial charge < -0.3 is 0 Å². The maximum atomic E-state index is 2.41. The first-order valence-electron chi connectivity index (χ1n) is 14.9. The van der Waals surface area contributed by atoms with Crippen molar-refractivity contribution in [2.24, 2.45) is 0 Å². The number of hydrogen-bond acceptors (Lipinski definition) is 0. The summed E-state index contributed by atoms with van der Waals surface area (Å²) in [6.45, 7) is 0. The maximum Gasteiger partial charge on any atom is -0.00201 e. The van der Waals surface area contributed by atoms with Crippen molar-refractivity contribution in [3.8, 4) is 22.3 Å². The fourth-order valence-electron chi connectivity index (χ4n) is 7.40. The van der Waals surface area contributed by atoms with Gasteiger partial charge in [0, 0.05) is 0 Å². The third-order valence-electron chi connectivity index (χ3n) is 9.27. The van der Waals surface area contributed by atoms with Crippen LogP contribution in [0.2, 0.25) is 0 Å². The zero-order valence-electron chi connectivity index (χ0n) is 23.3. The highest BCUT2D eigenvalue weighted by atomic mass is 14.2. The average Bonchev–Trinajstić information content (AvgIpc) is 3.06. The third-order valence-corrected chi connectivity index (χ3v) is 9.27. The Morgan fingerprint density at radius 3 is 1.67 bits per heavy atom. The Bertz CT molecular complexity index is 2340. The van der Waals surface area contributed by atoms with Crippen LogP contribution in [-0.4, -0.2) is 0 Å². The Morgan fingerprint density at radius 2 is 0.952 bits per heavy atom. The molecule has 0 aromatic heterocycles. The molecule has 196 valence electrons. The number of fused-ring (bicyclic) bond motifs is 7. The van der Waals surface area contributed by atoms with Crippen LogP contribution in [0.4, 0.5) is 0 Å². The van der Waals surface area contributed by atoms with Crippen LogP contribution in [0.15, 0.2) is 140 Å². The molecule has 0 atom stereocenters. The summed E-state index contributed by atoms with van der Waals surface area (Å²) in [7, 11) is 0. The molecule has 8 aromatic carbocycles. The molecule has 0 saturated carbocycles. The van der Waals surface area contributed by atoms with Crippen molar-refractivity contribution in [2.45, 2.75) is 12.8 Å². The number of benzene rings is 8. The van der Waals surface area contributed by atoms with Gasteiger partial charge in [0.25, 0.3) is 0 Å². The van der Waals surface area contributed by atoms with E-state index >= 15 is 0 Å². The zero-order valence-corrected chi connectivity index (χ0v) is 23.3. The molecule has 0 heteroatoms. The van der Waals surface area contributed by atoms with Crippen LogP contribution in [0.25, 0.3) is 82.2 Å². The normalized spacial score (nSPS) is 13.0. The molecule has 1 aliphatic carbocycles. The molecule has 0 spiro atoms. The molecular weight excluding hydrogens is 504 g/mol. The molecule has 0 N–H and O–H groups in total. The predicted molar refractivity (Wildman–Crippen MR) is 182 cm³/mol. The van der Waals surface area contributed by atoms with Crippen molar-refractivity contribution < 1.29 is 0 Å². The van der Waals surface area contributed by atoms with Crippen LogP contribution in [0, 0.1) is 0 Å². The molecule has 0 radical (unpaired) electrons. The average molecular weight is 533 g/mol. The zero-order chi connectivity index (χ0) is 27.6. The highest BCUT2D eigenvalue weighted by molar-refractivity contribution is 6.26. The van der Waals surface area contributed by atoms with E-state index in [1.807, 2.05) is 0 Å². The van der Waals surface area contributed by atoms with E-state index in [1.165, 1.54) is 87.2 Å². The van der Waals surface area contributed by atoms with Crippen molar-refractivity contribution in [3.63, 3.8) is 0 Å². The van der Waals surface area contributed by atoms with Gasteiger partial charge in [-0.25, -0.2) is 0 Å². The van der Waals surface area contributed by atoms with Gasteiger partial charge in [0.2, 0.25) is 0 Å². The minimum atomic E-state index is 1.13. The Balaban J connectivity index is 1.41. The van der Waals surface area contributed by atoms with Gasteiger partial charge in [-0.15, -0.1) is 0 Å². The number of rotatable bonds is 2. The summed E-state index contributed by atoms with van der Waals surface area (Å²) in [6.07, 6.45) is 6.86. The lowest BCUT2D eigenvalue weighted by Crippen LogP contribution is -1.95. The van der Waals surface area contributed by atoms with E-state index < -0.39 is 0 Å². The van der Waals surface area contributed by atoms with Crippen LogP contribution < -0.4 is 0 Å².